The number of aromatic nitrogens is 3. The standard InChI is InChI=1S/C10H17ClN4/c1-14-10(8-12-13-14)15-7-3-2-4-9(15)5-6-11/h8-9H,2-7H2,1H3. The van der Waals surface area contributed by atoms with E-state index in [2.05, 4.69) is 15.2 Å². The second-order valence-corrected chi connectivity index (χ2v) is 4.41. The SMILES string of the molecule is Cn1nncc1N1CCCCC1CCCl. The number of aryl methyl sites for hydroxylation is 1. The van der Waals surface area contributed by atoms with Crippen molar-refractivity contribution in [2.24, 2.45) is 7.05 Å². The van der Waals surface area contributed by atoms with Crippen molar-refractivity contribution in [3.05, 3.63) is 6.20 Å². The maximum absolute atomic E-state index is 5.84. The van der Waals surface area contributed by atoms with E-state index in [-0.39, 0.29) is 0 Å². The Morgan fingerprint density at radius 2 is 2.40 bits per heavy atom. The minimum atomic E-state index is 0.563. The Labute approximate surface area is 95.2 Å². The molecule has 1 fully saturated rings. The molecule has 2 heterocycles. The van der Waals surface area contributed by atoms with Gasteiger partial charge in [0, 0.05) is 25.5 Å². The minimum absolute atomic E-state index is 0.563. The number of hydrogen-bond donors (Lipinski definition) is 0. The number of hydrogen-bond acceptors (Lipinski definition) is 3. The number of halogens is 1. The van der Waals surface area contributed by atoms with E-state index in [0.717, 1.165) is 24.7 Å². The smallest absolute Gasteiger partial charge is 0.147 e. The zero-order chi connectivity index (χ0) is 10.7. The fourth-order valence-electron chi connectivity index (χ4n) is 2.27. The molecule has 0 bridgehead atoms. The average Bonchev–Trinajstić information content (AvgIpc) is 2.66. The zero-order valence-corrected chi connectivity index (χ0v) is 9.82. The highest BCUT2D eigenvalue weighted by molar-refractivity contribution is 6.17. The maximum atomic E-state index is 5.84. The largest absolute Gasteiger partial charge is 0.352 e. The monoisotopic (exact) mass is 228 g/mol. The quantitative estimate of drug-likeness (QED) is 0.740. The lowest BCUT2D eigenvalue weighted by Crippen LogP contribution is -2.40. The molecule has 0 amide bonds. The molecular weight excluding hydrogens is 212 g/mol. The lowest BCUT2D eigenvalue weighted by atomic mass is 10.0. The van der Waals surface area contributed by atoms with Crippen LogP contribution in [0.4, 0.5) is 5.82 Å². The molecule has 1 unspecified atom stereocenters. The van der Waals surface area contributed by atoms with Gasteiger partial charge in [-0.1, -0.05) is 5.21 Å². The Hall–Kier alpha value is -0.770. The summed E-state index contributed by atoms with van der Waals surface area (Å²) in [5.74, 6) is 1.84. The van der Waals surface area contributed by atoms with Gasteiger partial charge in [-0.15, -0.1) is 16.7 Å². The molecule has 84 valence electrons. The normalized spacial score (nSPS) is 22.0. The molecule has 0 radical (unpaired) electrons. The van der Waals surface area contributed by atoms with Gasteiger partial charge < -0.3 is 4.90 Å². The van der Waals surface area contributed by atoms with E-state index < -0.39 is 0 Å². The summed E-state index contributed by atoms with van der Waals surface area (Å²) >= 11 is 5.84. The first kappa shape index (κ1) is 10.7. The van der Waals surface area contributed by atoms with Crippen LogP contribution in [0.1, 0.15) is 25.7 Å². The Bertz CT molecular complexity index is 310. The highest BCUT2D eigenvalue weighted by Gasteiger charge is 2.24. The summed E-state index contributed by atoms with van der Waals surface area (Å²) in [7, 11) is 1.94. The molecule has 1 aromatic heterocycles. The first-order valence-electron chi connectivity index (χ1n) is 5.50. The van der Waals surface area contributed by atoms with Crippen molar-refractivity contribution in [2.75, 3.05) is 17.3 Å². The van der Waals surface area contributed by atoms with E-state index in [4.69, 9.17) is 11.6 Å². The third-order valence-corrected chi connectivity index (χ3v) is 3.27. The van der Waals surface area contributed by atoms with Crippen LogP contribution in [0.15, 0.2) is 6.20 Å². The zero-order valence-electron chi connectivity index (χ0n) is 9.06. The molecule has 2 rings (SSSR count). The van der Waals surface area contributed by atoms with E-state index in [9.17, 15) is 0 Å². The molecule has 0 aromatic carbocycles. The van der Waals surface area contributed by atoms with Crippen LogP contribution in [0.2, 0.25) is 0 Å². The molecule has 5 heteroatoms. The van der Waals surface area contributed by atoms with Crippen molar-refractivity contribution in [3.63, 3.8) is 0 Å². The molecule has 1 aliphatic rings. The Morgan fingerprint density at radius 3 is 3.07 bits per heavy atom. The predicted octanol–water partition coefficient (Wildman–Crippen LogP) is 1.80. The molecule has 1 atom stereocenters. The fourth-order valence-corrected chi connectivity index (χ4v) is 2.52. The average molecular weight is 229 g/mol. The number of piperidine rings is 1. The highest BCUT2D eigenvalue weighted by Crippen LogP contribution is 2.25. The summed E-state index contributed by atoms with van der Waals surface area (Å²) in [5, 5.41) is 7.91. The molecule has 0 spiro atoms. The van der Waals surface area contributed by atoms with Gasteiger partial charge in [-0.3, -0.25) is 0 Å². The molecule has 0 aliphatic carbocycles. The number of alkyl halides is 1. The Balaban J connectivity index is 2.14. The van der Waals surface area contributed by atoms with Crippen LogP contribution in [0.3, 0.4) is 0 Å². The predicted molar refractivity (Wildman–Crippen MR) is 61.3 cm³/mol. The van der Waals surface area contributed by atoms with E-state index in [1.54, 1.807) is 0 Å². The van der Waals surface area contributed by atoms with E-state index >= 15 is 0 Å². The third kappa shape index (κ3) is 2.25. The summed E-state index contributed by atoms with van der Waals surface area (Å²) in [5.41, 5.74) is 0. The van der Waals surface area contributed by atoms with E-state index in [1.807, 2.05) is 17.9 Å². The van der Waals surface area contributed by atoms with Crippen molar-refractivity contribution >= 4 is 17.4 Å². The van der Waals surface area contributed by atoms with Crippen molar-refractivity contribution in [1.29, 1.82) is 0 Å². The molecule has 15 heavy (non-hydrogen) atoms. The van der Waals surface area contributed by atoms with Crippen LogP contribution in [0.25, 0.3) is 0 Å². The van der Waals surface area contributed by atoms with Crippen LogP contribution in [0.5, 0.6) is 0 Å². The van der Waals surface area contributed by atoms with E-state index in [1.165, 1.54) is 19.3 Å². The van der Waals surface area contributed by atoms with Crippen LogP contribution in [0, 0.1) is 0 Å². The third-order valence-electron chi connectivity index (χ3n) is 3.05. The van der Waals surface area contributed by atoms with Crippen LogP contribution in [-0.4, -0.2) is 33.5 Å². The second-order valence-electron chi connectivity index (χ2n) is 4.04. The van der Waals surface area contributed by atoms with E-state index in [0.29, 0.717) is 6.04 Å². The fraction of sp³-hybridized carbons (Fsp3) is 0.800. The summed E-state index contributed by atoms with van der Waals surface area (Å²) in [6, 6.07) is 0.563. The molecule has 1 aliphatic heterocycles. The van der Waals surface area contributed by atoms with Gasteiger partial charge in [0.25, 0.3) is 0 Å². The minimum Gasteiger partial charge on any atom is -0.352 e. The highest BCUT2D eigenvalue weighted by atomic mass is 35.5. The molecule has 4 nitrogen and oxygen atoms in total. The maximum Gasteiger partial charge on any atom is 0.147 e. The van der Waals surface area contributed by atoms with Gasteiger partial charge in [0.15, 0.2) is 0 Å². The van der Waals surface area contributed by atoms with Crippen LogP contribution >= 0.6 is 11.6 Å². The molecule has 1 saturated heterocycles. The summed E-state index contributed by atoms with van der Waals surface area (Å²) in [6.07, 6.45) is 6.69. The number of rotatable bonds is 3. The van der Waals surface area contributed by atoms with Crippen molar-refractivity contribution in [3.8, 4) is 0 Å². The number of nitrogens with zero attached hydrogens (tertiary/aromatic N) is 4. The van der Waals surface area contributed by atoms with Gasteiger partial charge in [0.05, 0.1) is 6.20 Å². The van der Waals surface area contributed by atoms with Crippen molar-refractivity contribution < 1.29 is 0 Å². The van der Waals surface area contributed by atoms with Crippen molar-refractivity contribution in [2.45, 2.75) is 31.7 Å². The first-order chi connectivity index (χ1) is 7.33. The molecule has 0 N–H and O–H groups in total. The topological polar surface area (TPSA) is 34.0 Å². The van der Waals surface area contributed by atoms with Gasteiger partial charge in [0.2, 0.25) is 0 Å². The number of anilines is 1. The summed E-state index contributed by atoms with van der Waals surface area (Å²) in [6.45, 7) is 1.10. The molecule has 0 saturated carbocycles. The van der Waals surface area contributed by atoms with Gasteiger partial charge in [-0.25, -0.2) is 4.68 Å². The van der Waals surface area contributed by atoms with Gasteiger partial charge in [-0.2, -0.15) is 0 Å². The first-order valence-corrected chi connectivity index (χ1v) is 6.03. The van der Waals surface area contributed by atoms with Gasteiger partial charge in [0.1, 0.15) is 5.82 Å². The van der Waals surface area contributed by atoms with Crippen molar-refractivity contribution in [1.82, 2.24) is 15.0 Å². The summed E-state index contributed by atoms with van der Waals surface area (Å²) < 4.78 is 1.84. The van der Waals surface area contributed by atoms with Gasteiger partial charge in [-0.05, 0) is 25.7 Å². The Kier molecular flexibility index (Phi) is 3.46. The van der Waals surface area contributed by atoms with Crippen LogP contribution in [-0.2, 0) is 7.05 Å². The van der Waals surface area contributed by atoms with Crippen LogP contribution < -0.4 is 4.90 Å². The lowest BCUT2D eigenvalue weighted by Gasteiger charge is -2.36. The second kappa shape index (κ2) is 4.84. The lowest BCUT2D eigenvalue weighted by molar-refractivity contribution is 0.442. The molecular formula is C10H17ClN4. The molecule has 1 aromatic rings. The summed E-state index contributed by atoms with van der Waals surface area (Å²) in [4.78, 5) is 2.39. The Morgan fingerprint density at radius 1 is 1.53 bits per heavy atom. The van der Waals surface area contributed by atoms with Gasteiger partial charge >= 0.3 is 0 Å².